The molecule has 0 bridgehead atoms. The van der Waals surface area contributed by atoms with Crippen molar-refractivity contribution < 1.29 is 8.78 Å². The van der Waals surface area contributed by atoms with Crippen LogP contribution >= 0.6 is 0 Å². The molecule has 1 aliphatic carbocycles. The summed E-state index contributed by atoms with van der Waals surface area (Å²) in [4.78, 5) is 23.7. The third-order valence-corrected chi connectivity index (χ3v) is 5.04. The van der Waals surface area contributed by atoms with Gasteiger partial charge in [-0.25, -0.2) is 18.7 Å². The first kappa shape index (κ1) is 17.3. The maximum absolute atomic E-state index is 14.3. The lowest BCUT2D eigenvalue weighted by Crippen LogP contribution is -2.12. The van der Waals surface area contributed by atoms with Crippen molar-refractivity contribution in [2.24, 2.45) is 0 Å². The minimum absolute atomic E-state index is 0.148. The van der Waals surface area contributed by atoms with E-state index in [0.29, 0.717) is 27.9 Å². The number of anilines is 1. The fourth-order valence-electron chi connectivity index (χ4n) is 3.57. The molecule has 0 atom stereocenters. The van der Waals surface area contributed by atoms with Gasteiger partial charge < -0.3 is 14.9 Å². The van der Waals surface area contributed by atoms with Gasteiger partial charge in [-0.3, -0.25) is 4.79 Å². The van der Waals surface area contributed by atoms with Crippen molar-refractivity contribution in [2.75, 3.05) is 12.4 Å². The molecule has 3 heterocycles. The Morgan fingerprint density at radius 1 is 1.24 bits per heavy atom. The highest BCUT2D eigenvalue weighted by atomic mass is 19.2. The monoisotopic (exact) mass is 391 g/mol. The smallest absolute Gasteiger partial charge is 0.248 e. The summed E-state index contributed by atoms with van der Waals surface area (Å²) in [5.41, 5.74) is 2.96. The molecule has 3 aromatic heterocycles. The Hall–Kier alpha value is -3.81. The number of H-pyrrole nitrogens is 1. The largest absolute Gasteiger partial charge is 0.386 e. The van der Waals surface area contributed by atoms with E-state index in [9.17, 15) is 13.6 Å². The second kappa shape index (κ2) is 6.37. The Morgan fingerprint density at radius 2 is 2.07 bits per heavy atom. The molecule has 0 radical (unpaired) electrons. The molecule has 144 valence electrons. The predicted octanol–water partition coefficient (Wildman–Crippen LogP) is 3.59. The number of imidazole rings is 1. The summed E-state index contributed by atoms with van der Waals surface area (Å²) in [5, 5.41) is 3.53. The van der Waals surface area contributed by atoms with Crippen LogP contribution in [0, 0.1) is 11.6 Å². The van der Waals surface area contributed by atoms with Crippen molar-refractivity contribution >= 4 is 33.3 Å². The van der Waals surface area contributed by atoms with Crippen LogP contribution < -0.4 is 10.9 Å². The molecule has 1 aromatic carbocycles. The second-order valence-corrected chi connectivity index (χ2v) is 6.73. The third-order valence-electron chi connectivity index (χ3n) is 5.04. The summed E-state index contributed by atoms with van der Waals surface area (Å²) < 4.78 is 29.8. The first-order valence-electron chi connectivity index (χ1n) is 8.98. The lowest BCUT2D eigenvalue weighted by Gasteiger charge is -2.13. The van der Waals surface area contributed by atoms with Crippen molar-refractivity contribution in [3.05, 3.63) is 82.1 Å². The van der Waals surface area contributed by atoms with Gasteiger partial charge in [-0.2, -0.15) is 0 Å². The van der Waals surface area contributed by atoms with E-state index in [1.54, 1.807) is 13.2 Å². The van der Waals surface area contributed by atoms with Gasteiger partial charge in [0, 0.05) is 30.3 Å². The fourth-order valence-corrected chi connectivity index (χ4v) is 3.57. The molecular formula is C21H15F2N5O. The van der Waals surface area contributed by atoms with Crippen LogP contribution in [0.5, 0.6) is 0 Å². The number of aromatic nitrogens is 4. The Balaban J connectivity index is 1.76. The summed E-state index contributed by atoms with van der Waals surface area (Å²) in [6.45, 7) is 0.225. The molecule has 2 N–H and O–H groups in total. The zero-order valence-electron chi connectivity index (χ0n) is 15.3. The predicted molar refractivity (Wildman–Crippen MR) is 108 cm³/mol. The average Bonchev–Trinajstić information content (AvgIpc) is 3.01. The molecule has 0 unspecified atom stereocenters. The van der Waals surface area contributed by atoms with Gasteiger partial charge in [0.15, 0.2) is 17.3 Å². The lowest BCUT2D eigenvalue weighted by atomic mass is 10.1. The Morgan fingerprint density at radius 3 is 2.79 bits per heavy atom. The quantitative estimate of drug-likeness (QED) is 0.558. The second-order valence-electron chi connectivity index (χ2n) is 6.73. The van der Waals surface area contributed by atoms with Crippen molar-refractivity contribution in [3.63, 3.8) is 0 Å². The number of hydrogen-bond acceptors (Lipinski definition) is 4. The van der Waals surface area contributed by atoms with Crippen LogP contribution in [-0.2, 0) is 6.54 Å². The highest BCUT2D eigenvalue weighted by Crippen LogP contribution is 2.30. The molecule has 1 aliphatic rings. The van der Waals surface area contributed by atoms with E-state index in [4.69, 9.17) is 4.98 Å². The highest BCUT2D eigenvalue weighted by molar-refractivity contribution is 5.90. The van der Waals surface area contributed by atoms with Gasteiger partial charge >= 0.3 is 0 Å². The molecule has 5 rings (SSSR count). The van der Waals surface area contributed by atoms with Crippen LogP contribution in [0.25, 0.3) is 27.6 Å². The van der Waals surface area contributed by atoms with Crippen molar-refractivity contribution in [1.82, 2.24) is 19.5 Å². The lowest BCUT2D eigenvalue weighted by molar-refractivity contribution is 0.515. The zero-order valence-corrected chi connectivity index (χ0v) is 15.3. The molecule has 0 fully saturated rings. The topological polar surface area (TPSA) is 75.6 Å². The number of allylic oxidation sites excluding steroid dienone is 4. The summed E-state index contributed by atoms with van der Waals surface area (Å²) in [7, 11) is 1.80. The van der Waals surface area contributed by atoms with Crippen LogP contribution in [0.1, 0.15) is 11.4 Å². The molecule has 8 heteroatoms. The Bertz CT molecular complexity index is 1410. The Kier molecular flexibility index (Phi) is 3.80. The molecule has 0 amide bonds. The Labute approximate surface area is 163 Å². The van der Waals surface area contributed by atoms with Gasteiger partial charge in [-0.1, -0.05) is 18.2 Å². The van der Waals surface area contributed by atoms with Gasteiger partial charge in [0.25, 0.3) is 0 Å². The van der Waals surface area contributed by atoms with Gasteiger partial charge in [0.2, 0.25) is 5.56 Å². The number of fused-ring (bicyclic) bond motifs is 2. The van der Waals surface area contributed by atoms with E-state index >= 15 is 0 Å². The van der Waals surface area contributed by atoms with Gasteiger partial charge in [0.1, 0.15) is 11.3 Å². The summed E-state index contributed by atoms with van der Waals surface area (Å²) in [6, 6.07) is 5.74. The number of nitrogens with one attached hydrogen (secondary N) is 2. The standard InChI is InChI=1S/C21H15F2N5O/c1-24-15-7-8-25-21-19(15)27-20(11-3-2-4-11)28(21)10-12-9-16(29)26-18-13(12)5-6-14(22)17(18)23/h2-9H,10H2,1H3,(H,24,25)(H,26,29). The maximum atomic E-state index is 14.3. The number of pyridine rings is 2. The first-order chi connectivity index (χ1) is 14.1. The number of hydrogen-bond donors (Lipinski definition) is 2. The molecule has 6 nitrogen and oxygen atoms in total. The minimum Gasteiger partial charge on any atom is -0.386 e. The molecule has 0 spiro atoms. The molecule has 0 saturated heterocycles. The van der Waals surface area contributed by atoms with Gasteiger partial charge in [-0.15, -0.1) is 0 Å². The number of nitrogens with zero attached hydrogens (tertiary/aromatic N) is 3. The van der Waals surface area contributed by atoms with E-state index in [2.05, 4.69) is 15.3 Å². The highest BCUT2D eigenvalue weighted by Gasteiger charge is 2.20. The molecule has 0 saturated carbocycles. The van der Waals surface area contributed by atoms with E-state index in [1.165, 1.54) is 12.1 Å². The molecule has 29 heavy (non-hydrogen) atoms. The summed E-state index contributed by atoms with van der Waals surface area (Å²) in [6.07, 6.45) is 7.45. The van der Waals surface area contributed by atoms with Crippen LogP contribution in [0.4, 0.5) is 14.5 Å². The van der Waals surface area contributed by atoms with E-state index in [0.717, 1.165) is 17.3 Å². The summed E-state index contributed by atoms with van der Waals surface area (Å²) in [5.74, 6) is -1.39. The molecule has 4 aromatic rings. The van der Waals surface area contributed by atoms with Gasteiger partial charge in [0.05, 0.1) is 17.7 Å². The number of rotatable bonds is 4. The number of benzene rings is 1. The SMILES string of the molecule is CNc1ccnc2c1nc(C1=CC=C1)n2Cc1cc(=O)[nH]c2c(F)c(F)ccc12. The van der Waals surface area contributed by atoms with Crippen molar-refractivity contribution in [2.45, 2.75) is 6.54 Å². The minimum atomic E-state index is -1.07. The average molecular weight is 391 g/mol. The first-order valence-corrected chi connectivity index (χ1v) is 8.98. The van der Waals surface area contributed by atoms with E-state index in [-0.39, 0.29) is 12.1 Å². The zero-order chi connectivity index (χ0) is 20.1. The number of halogens is 2. The van der Waals surface area contributed by atoms with E-state index in [1.807, 2.05) is 28.9 Å². The fraction of sp³-hybridized carbons (Fsp3) is 0.0952. The van der Waals surface area contributed by atoms with Crippen LogP contribution in [0.3, 0.4) is 0 Å². The van der Waals surface area contributed by atoms with Crippen LogP contribution in [0.2, 0.25) is 0 Å². The van der Waals surface area contributed by atoms with Gasteiger partial charge in [-0.05, 0) is 23.8 Å². The molecular weight excluding hydrogens is 376 g/mol. The normalized spacial score (nSPS) is 13.0. The summed E-state index contributed by atoms with van der Waals surface area (Å²) >= 11 is 0. The van der Waals surface area contributed by atoms with Crippen molar-refractivity contribution in [1.29, 1.82) is 0 Å². The molecule has 0 aliphatic heterocycles. The van der Waals surface area contributed by atoms with Crippen LogP contribution in [0.15, 0.2) is 53.5 Å². The maximum Gasteiger partial charge on any atom is 0.248 e. The number of aromatic amines is 1. The van der Waals surface area contributed by atoms with Crippen molar-refractivity contribution in [3.8, 4) is 0 Å². The van der Waals surface area contributed by atoms with Crippen LogP contribution in [-0.4, -0.2) is 26.6 Å². The third kappa shape index (κ3) is 2.64. The van der Waals surface area contributed by atoms with E-state index < -0.39 is 17.2 Å².